The molecule has 1 aliphatic heterocycles. The van der Waals surface area contributed by atoms with Crippen molar-refractivity contribution in [3.05, 3.63) is 78.0 Å². The van der Waals surface area contributed by atoms with Gasteiger partial charge in [-0.15, -0.1) is 0 Å². The Morgan fingerprint density at radius 2 is 1.83 bits per heavy atom. The van der Waals surface area contributed by atoms with E-state index in [0.717, 1.165) is 38.6 Å². The fourth-order valence-electron chi connectivity index (χ4n) is 3.67. The molecular formula is C24H29N5. The van der Waals surface area contributed by atoms with Crippen LogP contribution in [-0.2, 0) is 13.0 Å². The molecule has 29 heavy (non-hydrogen) atoms. The van der Waals surface area contributed by atoms with Gasteiger partial charge in [0.2, 0.25) is 0 Å². The van der Waals surface area contributed by atoms with E-state index < -0.39 is 0 Å². The van der Waals surface area contributed by atoms with E-state index in [2.05, 4.69) is 94.3 Å². The predicted molar refractivity (Wildman–Crippen MR) is 123 cm³/mol. The predicted octanol–water partition coefficient (Wildman–Crippen LogP) is 3.84. The summed E-state index contributed by atoms with van der Waals surface area (Å²) in [6.45, 7) is 6.45. The number of fused-ring (bicyclic) bond motifs is 1. The Morgan fingerprint density at radius 3 is 2.62 bits per heavy atom. The lowest BCUT2D eigenvalue weighted by Gasteiger charge is -2.17. The van der Waals surface area contributed by atoms with Crippen LogP contribution in [0, 0.1) is 0 Å². The van der Waals surface area contributed by atoms with Gasteiger partial charge in [0.05, 0.1) is 6.54 Å². The van der Waals surface area contributed by atoms with E-state index >= 15 is 0 Å². The van der Waals surface area contributed by atoms with Gasteiger partial charge >= 0.3 is 0 Å². The van der Waals surface area contributed by atoms with E-state index in [0.29, 0.717) is 6.54 Å². The highest BCUT2D eigenvalue weighted by Gasteiger charge is 2.07. The van der Waals surface area contributed by atoms with Crippen LogP contribution in [0.1, 0.15) is 18.1 Å². The van der Waals surface area contributed by atoms with Crippen molar-refractivity contribution in [2.24, 2.45) is 4.99 Å². The van der Waals surface area contributed by atoms with E-state index in [1.54, 1.807) is 0 Å². The summed E-state index contributed by atoms with van der Waals surface area (Å²) in [7, 11) is 0. The van der Waals surface area contributed by atoms with Crippen LogP contribution in [0.15, 0.2) is 71.9 Å². The SMILES string of the molecule is CCNC(=NCc1ccc(N2CC=CC2)cc1)NCCc1c[nH]c2ccccc12. The second-order valence-electron chi connectivity index (χ2n) is 7.27. The summed E-state index contributed by atoms with van der Waals surface area (Å²) in [5.74, 6) is 0.861. The zero-order chi connectivity index (χ0) is 19.9. The van der Waals surface area contributed by atoms with Crippen LogP contribution >= 0.6 is 0 Å². The molecule has 0 radical (unpaired) electrons. The lowest BCUT2D eigenvalue weighted by atomic mass is 10.1. The van der Waals surface area contributed by atoms with Gasteiger partial charge in [-0.3, -0.25) is 0 Å². The molecule has 0 spiro atoms. The van der Waals surface area contributed by atoms with Gasteiger partial charge in [0, 0.05) is 49.0 Å². The Kier molecular flexibility index (Phi) is 6.15. The fourth-order valence-corrected chi connectivity index (χ4v) is 3.67. The number of aromatic amines is 1. The topological polar surface area (TPSA) is 55.5 Å². The molecule has 0 aliphatic carbocycles. The van der Waals surface area contributed by atoms with Gasteiger partial charge in [0.15, 0.2) is 5.96 Å². The Bertz CT molecular complexity index is 976. The highest BCUT2D eigenvalue weighted by atomic mass is 15.2. The van der Waals surface area contributed by atoms with Gasteiger partial charge in [0.25, 0.3) is 0 Å². The summed E-state index contributed by atoms with van der Waals surface area (Å²) >= 11 is 0. The van der Waals surface area contributed by atoms with Crippen molar-refractivity contribution in [3.8, 4) is 0 Å². The molecule has 2 aromatic carbocycles. The Morgan fingerprint density at radius 1 is 1.03 bits per heavy atom. The minimum absolute atomic E-state index is 0.668. The van der Waals surface area contributed by atoms with Crippen molar-refractivity contribution in [2.75, 3.05) is 31.1 Å². The second kappa shape index (κ2) is 9.32. The number of guanidine groups is 1. The Labute approximate surface area is 172 Å². The summed E-state index contributed by atoms with van der Waals surface area (Å²) in [5.41, 5.74) is 5.01. The first-order valence-electron chi connectivity index (χ1n) is 10.4. The number of anilines is 1. The minimum atomic E-state index is 0.668. The van der Waals surface area contributed by atoms with Crippen LogP contribution < -0.4 is 15.5 Å². The van der Waals surface area contributed by atoms with Crippen molar-refractivity contribution in [1.82, 2.24) is 15.6 Å². The van der Waals surface area contributed by atoms with Crippen molar-refractivity contribution >= 4 is 22.5 Å². The third-order valence-corrected chi connectivity index (χ3v) is 5.25. The first-order chi connectivity index (χ1) is 14.3. The third kappa shape index (κ3) is 4.80. The highest BCUT2D eigenvalue weighted by Crippen LogP contribution is 2.18. The monoisotopic (exact) mass is 387 g/mol. The van der Waals surface area contributed by atoms with Crippen LogP contribution in [0.3, 0.4) is 0 Å². The van der Waals surface area contributed by atoms with Crippen molar-refractivity contribution in [1.29, 1.82) is 0 Å². The maximum absolute atomic E-state index is 4.75. The standard InChI is InChI=1S/C24H29N5/c1-2-25-24(26-14-13-20-18-27-23-8-4-3-7-22(20)23)28-17-19-9-11-21(12-10-19)29-15-5-6-16-29/h3-12,18,27H,2,13-17H2,1H3,(H2,25,26,28). The summed E-state index contributed by atoms with van der Waals surface area (Å²) in [4.78, 5) is 10.4. The van der Waals surface area contributed by atoms with Gasteiger partial charge in [-0.1, -0.05) is 42.5 Å². The number of hydrogen-bond acceptors (Lipinski definition) is 2. The summed E-state index contributed by atoms with van der Waals surface area (Å²) in [5, 5.41) is 8.10. The molecule has 2 heterocycles. The summed E-state index contributed by atoms with van der Waals surface area (Å²) < 4.78 is 0. The largest absolute Gasteiger partial charge is 0.364 e. The van der Waals surface area contributed by atoms with E-state index in [1.807, 2.05) is 0 Å². The minimum Gasteiger partial charge on any atom is -0.364 e. The van der Waals surface area contributed by atoms with E-state index in [1.165, 1.54) is 27.7 Å². The van der Waals surface area contributed by atoms with Gasteiger partial charge in [-0.2, -0.15) is 0 Å². The van der Waals surface area contributed by atoms with Crippen LogP contribution in [0.25, 0.3) is 10.9 Å². The number of hydrogen-bond donors (Lipinski definition) is 3. The van der Waals surface area contributed by atoms with Crippen molar-refractivity contribution in [2.45, 2.75) is 19.9 Å². The third-order valence-electron chi connectivity index (χ3n) is 5.25. The number of para-hydroxylation sites is 1. The normalized spacial score (nSPS) is 14.0. The summed E-state index contributed by atoms with van der Waals surface area (Å²) in [6, 6.07) is 17.2. The zero-order valence-corrected chi connectivity index (χ0v) is 17.0. The molecule has 0 amide bonds. The van der Waals surface area contributed by atoms with E-state index in [-0.39, 0.29) is 0 Å². The molecule has 0 saturated carbocycles. The number of nitrogens with zero attached hydrogens (tertiary/aromatic N) is 2. The highest BCUT2D eigenvalue weighted by molar-refractivity contribution is 5.83. The van der Waals surface area contributed by atoms with Gasteiger partial charge in [0.1, 0.15) is 0 Å². The fraction of sp³-hybridized carbons (Fsp3) is 0.292. The molecule has 4 rings (SSSR count). The molecule has 3 N–H and O–H groups in total. The Hall–Kier alpha value is -3.21. The van der Waals surface area contributed by atoms with Crippen LogP contribution in [0.2, 0.25) is 0 Å². The molecule has 0 unspecified atom stereocenters. The molecule has 0 saturated heterocycles. The molecule has 150 valence electrons. The summed E-state index contributed by atoms with van der Waals surface area (Å²) in [6.07, 6.45) is 7.48. The lowest BCUT2D eigenvalue weighted by molar-refractivity contribution is 0.801. The first-order valence-corrected chi connectivity index (χ1v) is 10.4. The van der Waals surface area contributed by atoms with Crippen molar-refractivity contribution in [3.63, 3.8) is 0 Å². The van der Waals surface area contributed by atoms with Crippen molar-refractivity contribution < 1.29 is 0 Å². The number of rotatable bonds is 7. The molecule has 5 nitrogen and oxygen atoms in total. The number of nitrogens with one attached hydrogen (secondary N) is 3. The number of aromatic nitrogens is 1. The molecule has 0 fully saturated rings. The number of benzene rings is 2. The maximum Gasteiger partial charge on any atom is 0.191 e. The molecule has 3 aromatic rings. The molecule has 0 atom stereocenters. The molecular weight excluding hydrogens is 358 g/mol. The molecule has 5 heteroatoms. The number of H-pyrrole nitrogens is 1. The van der Waals surface area contributed by atoms with Crippen LogP contribution in [0.5, 0.6) is 0 Å². The van der Waals surface area contributed by atoms with Crippen LogP contribution in [0.4, 0.5) is 5.69 Å². The smallest absolute Gasteiger partial charge is 0.191 e. The number of aliphatic imine (C=N–C) groups is 1. The lowest BCUT2D eigenvalue weighted by Crippen LogP contribution is -2.38. The van der Waals surface area contributed by atoms with Gasteiger partial charge in [-0.25, -0.2) is 4.99 Å². The molecule has 1 aliphatic rings. The first kappa shape index (κ1) is 19.1. The van der Waals surface area contributed by atoms with Gasteiger partial charge in [-0.05, 0) is 42.7 Å². The zero-order valence-electron chi connectivity index (χ0n) is 17.0. The van der Waals surface area contributed by atoms with Crippen LogP contribution in [-0.4, -0.2) is 37.1 Å². The van der Waals surface area contributed by atoms with E-state index in [4.69, 9.17) is 4.99 Å². The average molecular weight is 388 g/mol. The van der Waals surface area contributed by atoms with E-state index in [9.17, 15) is 0 Å². The average Bonchev–Trinajstić information content (AvgIpc) is 3.43. The second-order valence-corrected chi connectivity index (χ2v) is 7.27. The maximum atomic E-state index is 4.75. The quantitative estimate of drug-likeness (QED) is 0.328. The Balaban J connectivity index is 1.32. The molecule has 1 aromatic heterocycles. The van der Waals surface area contributed by atoms with Gasteiger partial charge < -0.3 is 20.5 Å². The molecule has 0 bridgehead atoms.